The molecular weight excluding hydrogens is 418 g/mol. The van der Waals surface area contributed by atoms with E-state index in [1.807, 2.05) is 30.3 Å². The summed E-state index contributed by atoms with van der Waals surface area (Å²) in [5.41, 5.74) is 1.87. The summed E-state index contributed by atoms with van der Waals surface area (Å²) in [6, 6.07) is 9.33. The minimum Gasteiger partial charge on any atom is -0.340 e. The molecule has 2 aromatic rings. The van der Waals surface area contributed by atoms with Crippen molar-refractivity contribution in [3.05, 3.63) is 41.7 Å². The van der Waals surface area contributed by atoms with Gasteiger partial charge >= 0.3 is 0 Å². The summed E-state index contributed by atoms with van der Waals surface area (Å²) in [6.45, 7) is 4.86. The number of carbonyl (C=O) groups is 2. The normalized spacial score (nSPS) is 20.5. The first-order valence-electron chi connectivity index (χ1n) is 10.3. The molecule has 2 fully saturated rings. The van der Waals surface area contributed by atoms with Crippen molar-refractivity contribution in [3.8, 4) is 0 Å². The van der Waals surface area contributed by atoms with Crippen LogP contribution in [-0.4, -0.2) is 71.9 Å². The van der Waals surface area contributed by atoms with Gasteiger partial charge in [-0.3, -0.25) is 14.3 Å². The van der Waals surface area contributed by atoms with Crippen LogP contribution in [0.25, 0.3) is 0 Å². The summed E-state index contributed by atoms with van der Waals surface area (Å²) >= 11 is 0. The number of piperazine rings is 1. The van der Waals surface area contributed by atoms with E-state index in [1.165, 1.54) is 4.31 Å². The Morgan fingerprint density at radius 3 is 2.29 bits per heavy atom. The summed E-state index contributed by atoms with van der Waals surface area (Å²) in [5.74, 6) is -0.551. The number of benzene rings is 1. The molecule has 1 atom stereocenters. The average molecular weight is 446 g/mol. The van der Waals surface area contributed by atoms with Gasteiger partial charge in [0.1, 0.15) is 4.90 Å². The number of anilines is 1. The molecule has 0 unspecified atom stereocenters. The Labute approximate surface area is 182 Å². The van der Waals surface area contributed by atoms with Crippen LogP contribution in [0.2, 0.25) is 0 Å². The number of nitrogens with zero attached hydrogens (tertiary/aromatic N) is 5. The maximum Gasteiger partial charge on any atom is 0.246 e. The van der Waals surface area contributed by atoms with Gasteiger partial charge in [-0.2, -0.15) is 9.40 Å². The van der Waals surface area contributed by atoms with Gasteiger partial charge in [0.25, 0.3) is 0 Å². The van der Waals surface area contributed by atoms with E-state index in [0.717, 1.165) is 5.69 Å². The highest BCUT2D eigenvalue weighted by Gasteiger charge is 2.39. The van der Waals surface area contributed by atoms with Crippen molar-refractivity contribution in [2.24, 2.45) is 13.0 Å². The van der Waals surface area contributed by atoms with Gasteiger partial charge in [-0.1, -0.05) is 18.2 Å². The van der Waals surface area contributed by atoms with Gasteiger partial charge in [-0.25, -0.2) is 8.42 Å². The van der Waals surface area contributed by atoms with Gasteiger partial charge in [0, 0.05) is 51.9 Å². The Morgan fingerprint density at radius 1 is 1.06 bits per heavy atom. The molecule has 1 aromatic heterocycles. The molecule has 0 N–H and O–H groups in total. The zero-order valence-corrected chi connectivity index (χ0v) is 18.8. The minimum atomic E-state index is -3.67. The third-order valence-electron chi connectivity index (χ3n) is 6.13. The second-order valence-corrected chi connectivity index (χ2v) is 9.97. The Hall–Kier alpha value is -2.72. The van der Waals surface area contributed by atoms with E-state index in [4.69, 9.17) is 0 Å². The van der Waals surface area contributed by atoms with Gasteiger partial charge in [0.2, 0.25) is 21.8 Å². The molecule has 0 radical (unpaired) electrons. The van der Waals surface area contributed by atoms with E-state index in [2.05, 4.69) is 5.10 Å². The number of hydrogen-bond acceptors (Lipinski definition) is 5. The highest BCUT2D eigenvalue weighted by Crippen LogP contribution is 2.28. The van der Waals surface area contributed by atoms with Crippen LogP contribution in [0.15, 0.2) is 35.2 Å². The van der Waals surface area contributed by atoms with Crippen LogP contribution >= 0.6 is 0 Å². The first-order valence-corrected chi connectivity index (χ1v) is 11.8. The van der Waals surface area contributed by atoms with Crippen molar-refractivity contribution in [2.45, 2.75) is 25.2 Å². The zero-order valence-electron chi connectivity index (χ0n) is 18.0. The smallest absolute Gasteiger partial charge is 0.246 e. The largest absolute Gasteiger partial charge is 0.340 e. The molecule has 2 saturated heterocycles. The van der Waals surface area contributed by atoms with Gasteiger partial charge in [0.15, 0.2) is 0 Å². The van der Waals surface area contributed by atoms with Crippen LogP contribution < -0.4 is 4.90 Å². The number of amides is 2. The monoisotopic (exact) mass is 445 g/mol. The SMILES string of the molecule is Cc1nn(C)c(C)c1S(=O)(=O)N1CCN(C(=O)[C@H]2CC(=O)N(c3ccccc3)C2)CC1. The lowest BCUT2D eigenvalue weighted by atomic mass is 10.1. The zero-order chi connectivity index (χ0) is 22.3. The molecule has 1 aromatic carbocycles. The molecule has 2 aliphatic heterocycles. The lowest BCUT2D eigenvalue weighted by Gasteiger charge is -2.35. The van der Waals surface area contributed by atoms with Crippen molar-refractivity contribution in [1.29, 1.82) is 0 Å². The summed E-state index contributed by atoms with van der Waals surface area (Å²) in [4.78, 5) is 29.0. The number of sulfonamides is 1. The van der Waals surface area contributed by atoms with E-state index in [0.29, 0.717) is 31.0 Å². The van der Waals surface area contributed by atoms with Gasteiger partial charge in [0.05, 0.1) is 17.3 Å². The lowest BCUT2D eigenvalue weighted by Crippen LogP contribution is -2.52. The number of hydrogen-bond donors (Lipinski definition) is 0. The van der Waals surface area contributed by atoms with Crippen LogP contribution in [0.1, 0.15) is 17.8 Å². The molecule has 0 saturated carbocycles. The minimum absolute atomic E-state index is 0.0618. The predicted molar refractivity (Wildman–Crippen MR) is 115 cm³/mol. The fraction of sp³-hybridized carbons (Fsp3) is 0.476. The van der Waals surface area contributed by atoms with Crippen LogP contribution in [-0.2, 0) is 26.7 Å². The Bertz CT molecular complexity index is 1100. The van der Waals surface area contributed by atoms with Crippen LogP contribution in [0, 0.1) is 19.8 Å². The topological polar surface area (TPSA) is 95.8 Å². The van der Waals surface area contributed by atoms with E-state index >= 15 is 0 Å². The van der Waals surface area contributed by atoms with Crippen molar-refractivity contribution < 1.29 is 18.0 Å². The molecule has 10 heteroatoms. The number of carbonyl (C=O) groups excluding carboxylic acids is 2. The summed E-state index contributed by atoms with van der Waals surface area (Å²) in [5, 5.41) is 4.22. The predicted octanol–water partition coefficient (Wildman–Crippen LogP) is 0.923. The van der Waals surface area contributed by atoms with Gasteiger partial charge in [-0.15, -0.1) is 0 Å². The fourth-order valence-corrected chi connectivity index (χ4v) is 6.22. The molecule has 2 amide bonds. The molecule has 166 valence electrons. The van der Waals surface area contributed by atoms with E-state index in [1.54, 1.807) is 35.4 Å². The average Bonchev–Trinajstić information content (AvgIpc) is 3.27. The Balaban J connectivity index is 1.41. The lowest BCUT2D eigenvalue weighted by molar-refractivity contribution is -0.136. The van der Waals surface area contributed by atoms with Crippen molar-refractivity contribution in [1.82, 2.24) is 19.0 Å². The molecule has 31 heavy (non-hydrogen) atoms. The van der Waals surface area contributed by atoms with Gasteiger partial charge < -0.3 is 9.80 Å². The second-order valence-electron chi connectivity index (χ2n) is 8.09. The number of aromatic nitrogens is 2. The van der Waals surface area contributed by atoms with Gasteiger partial charge in [-0.05, 0) is 26.0 Å². The highest BCUT2D eigenvalue weighted by atomic mass is 32.2. The molecular formula is C21H27N5O4S. The van der Waals surface area contributed by atoms with Crippen LogP contribution in [0.4, 0.5) is 5.69 Å². The van der Waals surface area contributed by atoms with Crippen molar-refractivity contribution >= 4 is 27.5 Å². The number of rotatable bonds is 4. The second kappa shape index (κ2) is 8.08. The molecule has 0 aliphatic carbocycles. The van der Waals surface area contributed by atoms with E-state index in [9.17, 15) is 18.0 Å². The third-order valence-corrected chi connectivity index (χ3v) is 8.28. The highest BCUT2D eigenvalue weighted by molar-refractivity contribution is 7.89. The maximum absolute atomic E-state index is 13.1. The number of aryl methyl sites for hydroxylation is 2. The molecule has 0 spiro atoms. The molecule has 2 aliphatic rings. The fourth-order valence-electron chi connectivity index (χ4n) is 4.39. The maximum atomic E-state index is 13.1. The number of para-hydroxylation sites is 1. The molecule has 0 bridgehead atoms. The standard InChI is InChI=1S/C21H27N5O4S/c1-15-20(16(2)23(3)22-15)31(29,30)25-11-9-24(10-12-25)21(28)17-13-19(27)26(14-17)18-7-5-4-6-8-18/h4-8,17H,9-14H2,1-3H3/t17-/m0/s1. The van der Waals surface area contributed by atoms with Crippen LogP contribution in [0.3, 0.4) is 0 Å². The Morgan fingerprint density at radius 2 is 1.71 bits per heavy atom. The molecule has 9 nitrogen and oxygen atoms in total. The first kappa shape index (κ1) is 21.5. The molecule has 3 heterocycles. The summed E-state index contributed by atoms with van der Waals surface area (Å²) < 4.78 is 29.3. The third kappa shape index (κ3) is 3.85. The summed E-state index contributed by atoms with van der Waals surface area (Å²) in [7, 11) is -1.95. The first-order chi connectivity index (χ1) is 14.7. The summed E-state index contributed by atoms with van der Waals surface area (Å²) in [6.07, 6.45) is 0.181. The Kier molecular flexibility index (Phi) is 5.61. The quantitative estimate of drug-likeness (QED) is 0.698. The van der Waals surface area contributed by atoms with Crippen molar-refractivity contribution in [2.75, 3.05) is 37.6 Å². The van der Waals surface area contributed by atoms with Crippen molar-refractivity contribution in [3.63, 3.8) is 0 Å². The van der Waals surface area contributed by atoms with Crippen LogP contribution in [0.5, 0.6) is 0 Å². The molecule has 4 rings (SSSR count). The van der Waals surface area contributed by atoms with E-state index in [-0.39, 0.29) is 36.2 Å². The van der Waals surface area contributed by atoms with E-state index < -0.39 is 15.9 Å².